The van der Waals surface area contributed by atoms with E-state index < -0.39 is 35.3 Å². The Hall–Kier alpha value is -3.71. The Bertz CT molecular complexity index is 1460. The number of cyclic esters (lactones) is 1. The Kier molecular flexibility index (Phi) is 12.4. The number of carbonyl (C=O) groups excluding carboxylic acids is 3. The lowest BCUT2D eigenvalue weighted by molar-refractivity contribution is -0.133. The number of hydrogen-bond donors (Lipinski definition) is 1. The maximum atomic E-state index is 14.4. The van der Waals surface area contributed by atoms with Gasteiger partial charge in [-0.15, -0.1) is 0 Å². The van der Waals surface area contributed by atoms with E-state index in [4.69, 9.17) is 14.3 Å². The highest BCUT2D eigenvalue weighted by molar-refractivity contribution is 6.12. The molecule has 2 atom stereocenters. The van der Waals surface area contributed by atoms with E-state index in [0.29, 0.717) is 6.42 Å². The van der Waals surface area contributed by atoms with Gasteiger partial charge in [-0.1, -0.05) is 113 Å². The molecule has 0 saturated carbocycles. The lowest BCUT2D eigenvalue weighted by Gasteiger charge is -2.32. The predicted octanol–water partition coefficient (Wildman–Crippen LogP) is 8.73. The number of aliphatic hydroxyl groups is 1. The number of ketones is 1. The molecular formula is C39H51NO6. The van der Waals surface area contributed by atoms with Crippen LogP contribution >= 0.6 is 0 Å². The van der Waals surface area contributed by atoms with E-state index >= 15 is 0 Å². The number of ether oxygens (including phenoxy) is 1. The van der Waals surface area contributed by atoms with Crippen molar-refractivity contribution in [3.63, 3.8) is 0 Å². The van der Waals surface area contributed by atoms with Crippen molar-refractivity contribution in [1.29, 1.82) is 0 Å². The first-order valence-corrected chi connectivity index (χ1v) is 17.0. The number of nitrogens with zero attached hydrogens (tertiary/aromatic N) is 1. The van der Waals surface area contributed by atoms with E-state index in [1.165, 1.54) is 11.3 Å². The van der Waals surface area contributed by atoms with Crippen molar-refractivity contribution < 1.29 is 28.6 Å². The van der Waals surface area contributed by atoms with Crippen molar-refractivity contribution >= 4 is 17.8 Å². The van der Waals surface area contributed by atoms with Crippen LogP contribution < -0.4 is 0 Å². The molecule has 1 aliphatic heterocycles. The van der Waals surface area contributed by atoms with Gasteiger partial charge in [-0.3, -0.25) is 9.59 Å². The fraction of sp³-hybridized carbons (Fsp3) is 0.513. The zero-order valence-corrected chi connectivity index (χ0v) is 28.2. The van der Waals surface area contributed by atoms with E-state index in [1.54, 1.807) is 19.9 Å². The van der Waals surface area contributed by atoms with Crippen LogP contribution in [0.3, 0.4) is 0 Å². The number of aryl methyl sites for hydroxylation is 2. The summed E-state index contributed by atoms with van der Waals surface area (Å²) in [6.07, 6.45) is 8.63. The van der Waals surface area contributed by atoms with E-state index in [2.05, 4.69) is 6.07 Å². The van der Waals surface area contributed by atoms with Gasteiger partial charge in [0.25, 0.3) is 0 Å². The topological polar surface area (TPSA) is 97.1 Å². The maximum absolute atomic E-state index is 14.4. The molecule has 1 aliphatic rings. The van der Waals surface area contributed by atoms with Crippen molar-refractivity contribution in [2.24, 2.45) is 11.8 Å². The largest absolute Gasteiger partial charge is 0.457 e. The molecule has 1 N–H and O–H groups in total. The van der Waals surface area contributed by atoms with Crippen molar-refractivity contribution in [2.45, 2.75) is 110 Å². The smallest absolute Gasteiger partial charge is 0.417 e. The number of rotatable bonds is 17. The monoisotopic (exact) mass is 629 g/mol. The Morgan fingerprint density at radius 3 is 2.17 bits per heavy atom. The van der Waals surface area contributed by atoms with Crippen LogP contribution in [-0.2, 0) is 22.4 Å². The molecule has 2 aromatic carbocycles. The molecule has 4 rings (SSSR count). The van der Waals surface area contributed by atoms with Crippen LogP contribution in [0, 0.1) is 18.8 Å². The standard InChI is InChI=1S/C39H51NO6/c1-27(2)36-39(4,5)46-38(44)40(36)37(43)32(25-29-19-13-12-14-20-29)35(42)34-26-31(30-21-17-18-28(3)24-30)33(45-34)22-15-10-8-6-7-9-11-16-23-41/h12-14,17-21,24,26-27,32,36,41H,6-11,15-16,22-23,25H2,1-5H3/t32-,36-/m1/s1. The summed E-state index contributed by atoms with van der Waals surface area (Å²) in [6.45, 7) is 9.81. The van der Waals surface area contributed by atoms with Crippen molar-refractivity contribution in [3.8, 4) is 11.1 Å². The molecule has 0 radical (unpaired) electrons. The molecule has 7 heteroatoms. The number of aliphatic hydroxyl groups excluding tert-OH is 1. The summed E-state index contributed by atoms with van der Waals surface area (Å²) in [5.74, 6) is -1.34. The Morgan fingerprint density at radius 2 is 1.54 bits per heavy atom. The number of Topliss-reactive ketones (excluding diaryl/α,β-unsaturated/α-hetero) is 1. The number of imide groups is 1. The predicted molar refractivity (Wildman–Crippen MR) is 181 cm³/mol. The molecular weight excluding hydrogens is 578 g/mol. The molecule has 248 valence electrons. The van der Waals surface area contributed by atoms with Crippen LogP contribution in [0.2, 0.25) is 0 Å². The zero-order chi connectivity index (χ0) is 33.3. The number of benzene rings is 2. The van der Waals surface area contributed by atoms with Crippen LogP contribution in [0.5, 0.6) is 0 Å². The first-order chi connectivity index (χ1) is 22.0. The van der Waals surface area contributed by atoms with Crippen LogP contribution in [0.4, 0.5) is 4.79 Å². The van der Waals surface area contributed by atoms with Gasteiger partial charge in [-0.2, -0.15) is 0 Å². The molecule has 0 unspecified atom stereocenters. The molecule has 0 spiro atoms. The second-order valence-corrected chi connectivity index (χ2v) is 13.6. The second-order valence-electron chi connectivity index (χ2n) is 13.6. The number of furan rings is 1. The first-order valence-electron chi connectivity index (χ1n) is 17.0. The van der Waals surface area contributed by atoms with Crippen LogP contribution in [-0.4, -0.2) is 46.0 Å². The third-order valence-electron chi connectivity index (χ3n) is 9.00. The van der Waals surface area contributed by atoms with E-state index in [-0.39, 0.29) is 24.7 Å². The average molecular weight is 630 g/mol. The number of unbranched alkanes of at least 4 members (excludes halogenated alkanes) is 7. The normalized spacial score (nSPS) is 16.5. The highest BCUT2D eigenvalue weighted by Gasteiger charge is 2.54. The van der Waals surface area contributed by atoms with Gasteiger partial charge in [0.05, 0.1) is 6.04 Å². The maximum Gasteiger partial charge on any atom is 0.417 e. The Labute approximate surface area is 274 Å². The van der Waals surface area contributed by atoms with Gasteiger partial charge in [0.2, 0.25) is 11.7 Å². The van der Waals surface area contributed by atoms with E-state index in [0.717, 1.165) is 73.0 Å². The Balaban J connectivity index is 1.61. The van der Waals surface area contributed by atoms with E-state index in [9.17, 15) is 14.4 Å². The molecule has 7 nitrogen and oxygen atoms in total. The molecule has 0 aliphatic carbocycles. The molecule has 1 fully saturated rings. The summed E-state index contributed by atoms with van der Waals surface area (Å²) in [4.78, 5) is 43.0. The molecule has 1 aromatic heterocycles. The molecule has 2 heterocycles. The zero-order valence-electron chi connectivity index (χ0n) is 28.2. The van der Waals surface area contributed by atoms with Crippen LogP contribution in [0.25, 0.3) is 11.1 Å². The average Bonchev–Trinajstić information content (AvgIpc) is 3.55. The molecule has 0 bridgehead atoms. The quantitative estimate of drug-likeness (QED) is 0.0911. The molecule has 3 aromatic rings. The fourth-order valence-corrected chi connectivity index (χ4v) is 6.82. The van der Waals surface area contributed by atoms with Crippen molar-refractivity contribution in [1.82, 2.24) is 4.90 Å². The Morgan fingerprint density at radius 1 is 0.891 bits per heavy atom. The summed E-state index contributed by atoms with van der Waals surface area (Å²) in [7, 11) is 0. The van der Waals surface area contributed by atoms with Gasteiger partial charge < -0.3 is 14.3 Å². The minimum Gasteiger partial charge on any atom is -0.457 e. The number of hydrogen-bond acceptors (Lipinski definition) is 6. The first kappa shape index (κ1) is 35.1. The van der Waals surface area contributed by atoms with Gasteiger partial charge in [-0.05, 0) is 63.1 Å². The van der Waals surface area contributed by atoms with Gasteiger partial charge >= 0.3 is 6.09 Å². The second kappa shape index (κ2) is 16.2. The van der Waals surface area contributed by atoms with Gasteiger partial charge in [-0.25, -0.2) is 9.69 Å². The van der Waals surface area contributed by atoms with Gasteiger partial charge in [0.15, 0.2) is 5.76 Å². The minimum absolute atomic E-state index is 0.0680. The molecule has 2 amide bonds. The third-order valence-corrected chi connectivity index (χ3v) is 9.00. The molecule has 46 heavy (non-hydrogen) atoms. The van der Waals surface area contributed by atoms with Crippen molar-refractivity contribution in [3.05, 3.63) is 83.3 Å². The molecule has 1 saturated heterocycles. The summed E-state index contributed by atoms with van der Waals surface area (Å²) < 4.78 is 12.0. The van der Waals surface area contributed by atoms with Crippen molar-refractivity contribution in [2.75, 3.05) is 6.61 Å². The third kappa shape index (κ3) is 8.75. The highest BCUT2D eigenvalue weighted by atomic mass is 16.6. The van der Waals surface area contributed by atoms with Crippen LogP contribution in [0.15, 0.2) is 65.1 Å². The summed E-state index contributed by atoms with van der Waals surface area (Å²) in [5, 5.41) is 8.97. The summed E-state index contributed by atoms with van der Waals surface area (Å²) in [6, 6.07) is 18.8. The van der Waals surface area contributed by atoms with Gasteiger partial charge in [0, 0.05) is 18.6 Å². The fourth-order valence-electron chi connectivity index (χ4n) is 6.82. The summed E-state index contributed by atoms with van der Waals surface area (Å²) >= 11 is 0. The highest BCUT2D eigenvalue weighted by Crippen LogP contribution is 2.37. The SMILES string of the molecule is Cc1cccc(-c2cc(C(=O)[C@@H](Cc3ccccc3)C(=O)N3C(=O)OC(C)(C)[C@H]3C(C)C)oc2CCCCCCCCCCO)c1. The van der Waals surface area contributed by atoms with E-state index in [1.807, 2.05) is 69.3 Å². The lowest BCUT2D eigenvalue weighted by Crippen LogP contribution is -2.51. The van der Waals surface area contributed by atoms with Crippen LogP contribution in [0.1, 0.15) is 107 Å². The lowest BCUT2D eigenvalue weighted by atomic mass is 9.86. The number of amides is 2. The minimum atomic E-state index is -1.15. The number of carbonyl (C=O) groups is 3. The van der Waals surface area contributed by atoms with Gasteiger partial charge in [0.1, 0.15) is 17.3 Å². The summed E-state index contributed by atoms with van der Waals surface area (Å²) in [5.41, 5.74) is 2.88.